The molecule has 162 valence electrons. The van der Waals surface area contributed by atoms with Crippen LogP contribution in [-0.2, 0) is 29.1 Å². The fraction of sp³-hybridized carbons (Fsp3) is 0.261. The lowest BCUT2D eigenvalue weighted by molar-refractivity contribution is -0.159. The predicted molar refractivity (Wildman–Crippen MR) is 116 cm³/mol. The van der Waals surface area contributed by atoms with Crippen LogP contribution in [0.5, 0.6) is 5.75 Å². The molecule has 0 amide bonds. The Balaban J connectivity index is 0.000000501. The van der Waals surface area contributed by atoms with Crippen LogP contribution in [0.3, 0.4) is 0 Å². The zero-order chi connectivity index (χ0) is 22.6. The second kappa shape index (κ2) is 12.0. The summed E-state index contributed by atoms with van der Waals surface area (Å²) in [7, 11) is 1.68. The number of aryl methyl sites for hydroxylation is 1. The molecule has 0 radical (unpaired) electrons. The number of hydrogen-bond donors (Lipinski definition) is 3. The summed E-state index contributed by atoms with van der Waals surface area (Å²) >= 11 is 0. The lowest BCUT2D eigenvalue weighted by atomic mass is 10.1. The number of aliphatic carboxylic acids is 2. The zero-order valence-electron chi connectivity index (χ0n) is 17.2. The van der Waals surface area contributed by atoms with Crippen molar-refractivity contribution in [3.05, 3.63) is 65.9 Å². The van der Waals surface area contributed by atoms with Gasteiger partial charge in [-0.25, -0.2) is 9.59 Å². The molecular weight excluding hydrogens is 398 g/mol. The second-order valence-corrected chi connectivity index (χ2v) is 6.66. The first-order chi connectivity index (χ1) is 15.0. The summed E-state index contributed by atoms with van der Waals surface area (Å²) < 4.78 is 7.37. The minimum Gasteiger partial charge on any atom is -0.497 e. The van der Waals surface area contributed by atoms with Crippen molar-refractivity contribution in [1.82, 2.24) is 9.88 Å². The molecule has 1 heterocycles. The minimum absolute atomic E-state index is 0.531. The number of methoxy groups -OCH3 is 1. The molecule has 2 aromatic carbocycles. The number of ether oxygens (including phenoxy) is 1. The van der Waals surface area contributed by atoms with E-state index in [4.69, 9.17) is 29.8 Å². The fourth-order valence-corrected chi connectivity index (χ4v) is 3.07. The van der Waals surface area contributed by atoms with Gasteiger partial charge in [-0.2, -0.15) is 5.26 Å². The highest BCUT2D eigenvalue weighted by Gasteiger charge is 2.07. The van der Waals surface area contributed by atoms with Crippen LogP contribution in [0.25, 0.3) is 10.9 Å². The maximum Gasteiger partial charge on any atom is 0.414 e. The molecule has 1 aromatic heterocycles. The number of fused-ring (bicyclic) bond motifs is 1. The van der Waals surface area contributed by atoms with Crippen molar-refractivity contribution in [3.63, 3.8) is 0 Å². The van der Waals surface area contributed by atoms with Gasteiger partial charge in [-0.05, 0) is 42.3 Å². The van der Waals surface area contributed by atoms with Crippen LogP contribution in [0, 0.1) is 11.3 Å². The first kappa shape index (κ1) is 23.4. The first-order valence-corrected chi connectivity index (χ1v) is 9.69. The fourth-order valence-electron chi connectivity index (χ4n) is 3.07. The molecule has 31 heavy (non-hydrogen) atoms. The molecule has 0 atom stereocenters. The third kappa shape index (κ3) is 7.17. The molecule has 0 unspecified atom stereocenters. The SMILES string of the molecule is COc1ccc(CCNCc2cn(CCC#N)c3ccccc23)cc1.O=C(O)C(=O)O. The number of nitriles is 1. The first-order valence-electron chi connectivity index (χ1n) is 9.69. The van der Waals surface area contributed by atoms with Gasteiger partial charge in [0.15, 0.2) is 0 Å². The number of benzene rings is 2. The number of carboxylic acid groups (broad SMARTS) is 2. The van der Waals surface area contributed by atoms with Crippen molar-refractivity contribution < 1.29 is 24.5 Å². The molecule has 0 aliphatic rings. The molecule has 3 aromatic rings. The number of para-hydroxylation sites is 1. The highest BCUT2D eigenvalue weighted by molar-refractivity contribution is 6.27. The maximum atomic E-state index is 9.10. The van der Waals surface area contributed by atoms with Crippen molar-refractivity contribution in [2.45, 2.75) is 25.9 Å². The number of nitrogens with zero attached hydrogens (tertiary/aromatic N) is 2. The van der Waals surface area contributed by atoms with Gasteiger partial charge in [0, 0.05) is 30.2 Å². The van der Waals surface area contributed by atoms with Gasteiger partial charge in [0.05, 0.1) is 19.6 Å². The summed E-state index contributed by atoms with van der Waals surface area (Å²) in [6.07, 6.45) is 3.68. The number of nitrogens with one attached hydrogen (secondary N) is 1. The molecule has 3 N–H and O–H groups in total. The van der Waals surface area contributed by atoms with Crippen molar-refractivity contribution >= 4 is 22.8 Å². The monoisotopic (exact) mass is 423 g/mol. The number of rotatable bonds is 8. The van der Waals surface area contributed by atoms with Gasteiger partial charge in [-0.15, -0.1) is 0 Å². The van der Waals surface area contributed by atoms with Gasteiger partial charge >= 0.3 is 11.9 Å². The molecule has 0 spiro atoms. The van der Waals surface area contributed by atoms with Crippen LogP contribution in [0.2, 0.25) is 0 Å². The Kier molecular flexibility index (Phi) is 9.08. The normalized spacial score (nSPS) is 10.1. The Bertz CT molecular complexity index is 1040. The summed E-state index contributed by atoms with van der Waals surface area (Å²) in [4.78, 5) is 18.2. The molecule has 8 nitrogen and oxygen atoms in total. The van der Waals surface area contributed by atoms with Crippen LogP contribution in [-0.4, -0.2) is 40.4 Å². The molecule has 0 aliphatic heterocycles. The van der Waals surface area contributed by atoms with E-state index in [9.17, 15) is 0 Å². The average Bonchev–Trinajstić information content (AvgIpc) is 3.14. The Labute approximate surface area is 180 Å². The van der Waals surface area contributed by atoms with E-state index >= 15 is 0 Å². The molecule has 8 heteroatoms. The molecule has 0 saturated heterocycles. The van der Waals surface area contributed by atoms with Crippen LogP contribution < -0.4 is 10.1 Å². The summed E-state index contributed by atoms with van der Waals surface area (Å²) in [6, 6.07) is 18.8. The molecule has 0 bridgehead atoms. The molecular formula is C23H25N3O5. The molecule has 0 saturated carbocycles. The summed E-state index contributed by atoms with van der Waals surface area (Å²) in [5, 5.41) is 28.4. The van der Waals surface area contributed by atoms with Gasteiger partial charge in [-0.1, -0.05) is 30.3 Å². The summed E-state index contributed by atoms with van der Waals surface area (Å²) in [5.41, 5.74) is 3.78. The third-order valence-corrected chi connectivity index (χ3v) is 4.58. The number of aromatic nitrogens is 1. The van der Waals surface area contributed by atoms with E-state index in [1.165, 1.54) is 22.0 Å². The van der Waals surface area contributed by atoms with Gasteiger partial charge in [-0.3, -0.25) is 0 Å². The number of carboxylic acids is 2. The van der Waals surface area contributed by atoms with Crippen molar-refractivity contribution in [2.24, 2.45) is 0 Å². The van der Waals surface area contributed by atoms with Crippen molar-refractivity contribution in [2.75, 3.05) is 13.7 Å². The Hall–Kier alpha value is -3.83. The topological polar surface area (TPSA) is 125 Å². The highest BCUT2D eigenvalue weighted by Crippen LogP contribution is 2.21. The third-order valence-electron chi connectivity index (χ3n) is 4.58. The predicted octanol–water partition coefficient (Wildman–Crippen LogP) is 3.05. The average molecular weight is 423 g/mol. The zero-order valence-corrected chi connectivity index (χ0v) is 17.2. The van der Waals surface area contributed by atoms with Gasteiger partial charge in [0.2, 0.25) is 0 Å². The molecule has 3 rings (SSSR count). The van der Waals surface area contributed by atoms with E-state index < -0.39 is 11.9 Å². The van der Waals surface area contributed by atoms with E-state index in [0.717, 1.165) is 31.8 Å². The van der Waals surface area contributed by atoms with Crippen LogP contribution in [0.1, 0.15) is 17.5 Å². The molecule has 0 fully saturated rings. The smallest absolute Gasteiger partial charge is 0.414 e. The Morgan fingerprint density at radius 3 is 2.39 bits per heavy atom. The number of carbonyl (C=O) groups is 2. The van der Waals surface area contributed by atoms with E-state index in [-0.39, 0.29) is 0 Å². The minimum atomic E-state index is -1.82. The Morgan fingerprint density at radius 2 is 1.77 bits per heavy atom. The maximum absolute atomic E-state index is 9.10. The summed E-state index contributed by atoms with van der Waals surface area (Å²) in [6.45, 7) is 2.49. The molecule has 0 aliphatic carbocycles. The van der Waals surface area contributed by atoms with Crippen molar-refractivity contribution in [3.8, 4) is 11.8 Å². The largest absolute Gasteiger partial charge is 0.497 e. The van der Waals surface area contributed by atoms with E-state index in [1.54, 1.807) is 7.11 Å². The van der Waals surface area contributed by atoms with Crippen LogP contribution in [0.15, 0.2) is 54.7 Å². The van der Waals surface area contributed by atoms with Gasteiger partial charge in [0.25, 0.3) is 0 Å². The van der Waals surface area contributed by atoms with E-state index in [1.807, 2.05) is 18.2 Å². The van der Waals surface area contributed by atoms with Crippen molar-refractivity contribution in [1.29, 1.82) is 5.26 Å². The lowest BCUT2D eigenvalue weighted by Crippen LogP contribution is -2.16. The van der Waals surface area contributed by atoms with Gasteiger partial charge in [0.1, 0.15) is 5.75 Å². The van der Waals surface area contributed by atoms with E-state index in [0.29, 0.717) is 6.42 Å². The second-order valence-electron chi connectivity index (χ2n) is 6.66. The quantitative estimate of drug-likeness (QED) is 0.376. The number of hydrogen-bond acceptors (Lipinski definition) is 5. The summed E-state index contributed by atoms with van der Waals surface area (Å²) in [5.74, 6) is -2.76. The van der Waals surface area contributed by atoms with Gasteiger partial charge < -0.3 is 24.8 Å². The van der Waals surface area contributed by atoms with E-state index in [2.05, 4.69) is 52.5 Å². The van der Waals surface area contributed by atoms with Crippen LogP contribution in [0.4, 0.5) is 0 Å². The highest BCUT2D eigenvalue weighted by atomic mass is 16.5. The van der Waals surface area contributed by atoms with Crippen LogP contribution >= 0.6 is 0 Å². The lowest BCUT2D eigenvalue weighted by Gasteiger charge is -2.05. The Morgan fingerprint density at radius 1 is 1.10 bits per heavy atom. The standard InChI is InChI=1S/C21H23N3O.C2H2O4/c1-25-19-9-7-17(8-10-19)11-13-23-15-18-16-24(14-4-12-22)21-6-3-2-5-20(18)21;3-1(4)2(5)6/h2-3,5-10,16,23H,4,11,13-15H2,1H3;(H,3,4)(H,5,6).